The molecule has 0 bridgehead atoms. The van der Waals surface area contributed by atoms with Crippen LogP contribution in [-0.2, 0) is 4.79 Å². The Morgan fingerprint density at radius 3 is 2.89 bits per heavy atom. The van der Waals surface area contributed by atoms with Crippen LogP contribution in [0.15, 0.2) is 11.6 Å². The zero-order valence-electron chi connectivity index (χ0n) is 12.4. The van der Waals surface area contributed by atoms with Crippen molar-refractivity contribution in [2.75, 3.05) is 13.1 Å². The molecule has 1 unspecified atom stereocenters. The lowest BCUT2D eigenvalue weighted by Crippen LogP contribution is -2.25. The third kappa shape index (κ3) is 7.36. The molecule has 3 nitrogen and oxygen atoms in total. The van der Waals surface area contributed by atoms with Crippen LogP contribution in [0.3, 0.4) is 0 Å². The van der Waals surface area contributed by atoms with Gasteiger partial charge in [0.2, 0.25) is 5.91 Å². The Kier molecular flexibility index (Phi) is 8.55. The summed E-state index contributed by atoms with van der Waals surface area (Å²) >= 11 is 0. The molecular weight excluding hydrogens is 236 g/mol. The van der Waals surface area contributed by atoms with Gasteiger partial charge < -0.3 is 11.1 Å². The van der Waals surface area contributed by atoms with Crippen molar-refractivity contribution in [3.05, 3.63) is 11.6 Å². The molecule has 1 aliphatic carbocycles. The number of carbonyl (C=O) groups is 1. The average Bonchev–Trinajstić information content (AvgIpc) is 2.90. The lowest BCUT2D eigenvalue weighted by molar-refractivity contribution is -0.121. The van der Waals surface area contributed by atoms with Crippen molar-refractivity contribution in [3.8, 4) is 0 Å². The third-order valence-electron chi connectivity index (χ3n) is 3.95. The highest BCUT2D eigenvalue weighted by Crippen LogP contribution is 2.20. The second kappa shape index (κ2) is 10.0. The van der Waals surface area contributed by atoms with Crippen LogP contribution in [0.2, 0.25) is 0 Å². The molecule has 1 rings (SSSR count). The zero-order chi connectivity index (χ0) is 13.9. The van der Waals surface area contributed by atoms with Crippen LogP contribution >= 0.6 is 0 Å². The first-order valence-electron chi connectivity index (χ1n) is 7.91. The Morgan fingerprint density at radius 2 is 2.26 bits per heavy atom. The van der Waals surface area contributed by atoms with E-state index in [0.717, 1.165) is 32.4 Å². The first-order valence-corrected chi connectivity index (χ1v) is 7.91. The molecule has 0 spiro atoms. The summed E-state index contributed by atoms with van der Waals surface area (Å²) in [4.78, 5) is 11.8. The summed E-state index contributed by atoms with van der Waals surface area (Å²) in [7, 11) is 0. The van der Waals surface area contributed by atoms with Gasteiger partial charge in [-0.05, 0) is 51.0 Å². The van der Waals surface area contributed by atoms with Crippen molar-refractivity contribution in [2.24, 2.45) is 11.7 Å². The molecule has 0 saturated heterocycles. The standard InChI is InChI=1S/C16H30N2O/c1-2-5-14(10-12-17)8-9-16(19)18-13-11-15-6-3-4-7-15/h6,14H,2-5,7-13,17H2,1H3,(H,18,19). The molecule has 0 saturated carbocycles. The number of carbonyl (C=O) groups excluding carboxylic acids is 1. The van der Waals surface area contributed by atoms with Gasteiger partial charge in [-0.3, -0.25) is 4.79 Å². The number of rotatable bonds is 10. The number of hydrogen-bond donors (Lipinski definition) is 2. The zero-order valence-corrected chi connectivity index (χ0v) is 12.4. The number of nitrogens with two attached hydrogens (primary N) is 1. The van der Waals surface area contributed by atoms with E-state index in [-0.39, 0.29) is 5.91 Å². The highest BCUT2D eigenvalue weighted by molar-refractivity contribution is 5.75. The van der Waals surface area contributed by atoms with Crippen LogP contribution in [0.1, 0.15) is 64.7 Å². The van der Waals surface area contributed by atoms with Crippen LogP contribution < -0.4 is 11.1 Å². The number of nitrogens with one attached hydrogen (secondary N) is 1. The van der Waals surface area contributed by atoms with E-state index < -0.39 is 0 Å². The van der Waals surface area contributed by atoms with E-state index in [9.17, 15) is 4.79 Å². The van der Waals surface area contributed by atoms with Gasteiger partial charge in [0.15, 0.2) is 0 Å². The van der Waals surface area contributed by atoms with E-state index >= 15 is 0 Å². The Hall–Kier alpha value is -0.830. The lowest BCUT2D eigenvalue weighted by atomic mass is 9.94. The van der Waals surface area contributed by atoms with Gasteiger partial charge in [-0.2, -0.15) is 0 Å². The monoisotopic (exact) mass is 266 g/mol. The number of hydrogen-bond acceptors (Lipinski definition) is 2. The maximum Gasteiger partial charge on any atom is 0.220 e. The molecule has 0 aromatic heterocycles. The van der Waals surface area contributed by atoms with E-state index in [1.807, 2.05) is 0 Å². The summed E-state index contributed by atoms with van der Waals surface area (Å²) in [6.07, 6.45) is 12.2. The Labute approximate surface area is 118 Å². The minimum Gasteiger partial charge on any atom is -0.356 e. The predicted molar refractivity (Wildman–Crippen MR) is 80.9 cm³/mol. The normalized spacial score (nSPS) is 16.2. The highest BCUT2D eigenvalue weighted by Gasteiger charge is 2.10. The molecule has 3 N–H and O–H groups in total. The number of amides is 1. The van der Waals surface area contributed by atoms with Gasteiger partial charge in [-0.1, -0.05) is 31.4 Å². The van der Waals surface area contributed by atoms with Crippen molar-refractivity contribution in [2.45, 2.75) is 64.7 Å². The summed E-state index contributed by atoms with van der Waals surface area (Å²) in [5.41, 5.74) is 7.13. The fourth-order valence-corrected chi connectivity index (χ4v) is 2.83. The summed E-state index contributed by atoms with van der Waals surface area (Å²) in [5.74, 6) is 0.829. The third-order valence-corrected chi connectivity index (χ3v) is 3.95. The smallest absolute Gasteiger partial charge is 0.220 e. The van der Waals surface area contributed by atoms with Crippen molar-refractivity contribution >= 4 is 5.91 Å². The maximum absolute atomic E-state index is 11.8. The van der Waals surface area contributed by atoms with E-state index in [0.29, 0.717) is 12.3 Å². The van der Waals surface area contributed by atoms with Gasteiger partial charge >= 0.3 is 0 Å². The minimum absolute atomic E-state index is 0.205. The van der Waals surface area contributed by atoms with Gasteiger partial charge in [-0.25, -0.2) is 0 Å². The summed E-state index contributed by atoms with van der Waals surface area (Å²) in [6, 6.07) is 0. The fraction of sp³-hybridized carbons (Fsp3) is 0.812. The second-order valence-corrected chi connectivity index (χ2v) is 5.63. The van der Waals surface area contributed by atoms with Crippen LogP contribution in [0.5, 0.6) is 0 Å². The summed E-state index contributed by atoms with van der Waals surface area (Å²) in [5, 5.41) is 3.04. The molecule has 1 amide bonds. The van der Waals surface area contributed by atoms with Crippen LogP contribution in [0.4, 0.5) is 0 Å². The first-order chi connectivity index (χ1) is 9.26. The average molecular weight is 266 g/mol. The Balaban J connectivity index is 2.08. The topological polar surface area (TPSA) is 55.1 Å². The van der Waals surface area contributed by atoms with E-state index in [1.54, 1.807) is 0 Å². The van der Waals surface area contributed by atoms with E-state index in [1.165, 1.54) is 37.7 Å². The molecule has 0 aromatic rings. The molecule has 0 radical (unpaired) electrons. The molecular formula is C16H30N2O. The second-order valence-electron chi connectivity index (χ2n) is 5.63. The highest BCUT2D eigenvalue weighted by atomic mass is 16.1. The molecule has 110 valence electrons. The summed E-state index contributed by atoms with van der Waals surface area (Å²) < 4.78 is 0. The molecule has 0 fully saturated rings. The molecule has 3 heteroatoms. The van der Waals surface area contributed by atoms with Crippen molar-refractivity contribution in [1.29, 1.82) is 0 Å². The van der Waals surface area contributed by atoms with Crippen molar-refractivity contribution in [3.63, 3.8) is 0 Å². The van der Waals surface area contributed by atoms with Gasteiger partial charge in [0.1, 0.15) is 0 Å². The van der Waals surface area contributed by atoms with Gasteiger partial charge in [0, 0.05) is 13.0 Å². The SMILES string of the molecule is CCCC(CCN)CCC(=O)NCCC1=CCCC1. The Bertz CT molecular complexity index is 280. The van der Waals surface area contributed by atoms with E-state index in [2.05, 4.69) is 18.3 Å². The maximum atomic E-state index is 11.8. The summed E-state index contributed by atoms with van der Waals surface area (Å²) in [6.45, 7) is 3.74. The van der Waals surface area contributed by atoms with Crippen molar-refractivity contribution in [1.82, 2.24) is 5.32 Å². The minimum atomic E-state index is 0.205. The molecule has 0 aromatic carbocycles. The molecule has 19 heavy (non-hydrogen) atoms. The Morgan fingerprint density at radius 1 is 1.42 bits per heavy atom. The molecule has 1 aliphatic rings. The van der Waals surface area contributed by atoms with Gasteiger partial charge in [0.25, 0.3) is 0 Å². The van der Waals surface area contributed by atoms with Crippen LogP contribution in [-0.4, -0.2) is 19.0 Å². The fourth-order valence-electron chi connectivity index (χ4n) is 2.83. The number of allylic oxidation sites excluding steroid dienone is 1. The largest absolute Gasteiger partial charge is 0.356 e. The van der Waals surface area contributed by atoms with Crippen LogP contribution in [0.25, 0.3) is 0 Å². The molecule has 1 atom stereocenters. The quantitative estimate of drug-likeness (QED) is 0.597. The van der Waals surface area contributed by atoms with Crippen molar-refractivity contribution < 1.29 is 4.79 Å². The molecule has 0 heterocycles. The van der Waals surface area contributed by atoms with Gasteiger partial charge in [-0.15, -0.1) is 0 Å². The van der Waals surface area contributed by atoms with Gasteiger partial charge in [0.05, 0.1) is 0 Å². The lowest BCUT2D eigenvalue weighted by Gasteiger charge is -2.14. The van der Waals surface area contributed by atoms with E-state index in [4.69, 9.17) is 5.73 Å². The van der Waals surface area contributed by atoms with Crippen LogP contribution in [0, 0.1) is 5.92 Å². The molecule has 0 aliphatic heterocycles. The first kappa shape index (κ1) is 16.2. The predicted octanol–water partition coefficient (Wildman–Crippen LogP) is 3.15.